The van der Waals surface area contributed by atoms with E-state index in [0.29, 0.717) is 6.42 Å². The van der Waals surface area contributed by atoms with Gasteiger partial charge in [-0.25, -0.2) is 4.79 Å². The summed E-state index contributed by atoms with van der Waals surface area (Å²) in [5.41, 5.74) is 0.176. The molecule has 0 unspecified atom stereocenters. The Morgan fingerprint density at radius 3 is 1.80 bits per heavy atom. The summed E-state index contributed by atoms with van der Waals surface area (Å²) in [6, 6.07) is 0. The zero-order valence-electron chi connectivity index (χ0n) is 9.45. The summed E-state index contributed by atoms with van der Waals surface area (Å²) in [5.74, 6) is -1.62. The summed E-state index contributed by atoms with van der Waals surface area (Å²) in [7, 11) is 0. The minimum atomic E-state index is -0.935. The molecule has 4 nitrogen and oxygen atoms in total. The molecule has 5 heteroatoms. The molecule has 0 fully saturated rings. The molecule has 0 spiro atoms. The molecule has 0 aliphatic rings. The van der Waals surface area contributed by atoms with Crippen molar-refractivity contribution in [3.8, 4) is 0 Å². The van der Waals surface area contributed by atoms with E-state index in [1.807, 2.05) is 0 Å². The number of hydrogen-bond donors (Lipinski definition) is 2. The maximum Gasteiger partial charge on any atom is 0.330 e. The molecule has 84 valence electrons. The molecule has 0 rings (SSSR count). The number of unbranched alkanes of at least 4 members (excludes halogenated alkanes) is 2. The monoisotopic (exact) mass is 266 g/mol. The van der Waals surface area contributed by atoms with E-state index in [1.165, 1.54) is 6.92 Å². The van der Waals surface area contributed by atoms with Crippen LogP contribution in [-0.4, -0.2) is 22.2 Å². The van der Waals surface area contributed by atoms with Crippen molar-refractivity contribution in [2.45, 2.75) is 39.5 Å². The summed E-state index contributed by atoms with van der Waals surface area (Å²) >= 11 is 0. The van der Waals surface area contributed by atoms with Gasteiger partial charge in [0.15, 0.2) is 0 Å². The van der Waals surface area contributed by atoms with Crippen LogP contribution in [0.25, 0.3) is 0 Å². The van der Waals surface area contributed by atoms with Gasteiger partial charge in [-0.1, -0.05) is 26.3 Å². The van der Waals surface area contributed by atoms with Gasteiger partial charge in [0, 0.05) is 31.5 Å². The molecule has 0 amide bonds. The smallest absolute Gasteiger partial charge is 0.330 e. The molecule has 0 aromatic heterocycles. The van der Waals surface area contributed by atoms with Crippen LogP contribution in [-0.2, 0) is 29.1 Å². The van der Waals surface area contributed by atoms with Gasteiger partial charge in [0.25, 0.3) is 0 Å². The maximum absolute atomic E-state index is 9.87. The first kappa shape index (κ1) is 19.8. The van der Waals surface area contributed by atoms with E-state index in [0.717, 1.165) is 19.3 Å². The van der Waals surface area contributed by atoms with Gasteiger partial charge in [0.05, 0.1) is 0 Å². The Hall–Kier alpha value is -0.697. The zero-order valence-corrected chi connectivity index (χ0v) is 12.4. The van der Waals surface area contributed by atoms with Gasteiger partial charge >= 0.3 is 11.9 Å². The normalized spacial score (nSPS) is 7.87. The van der Waals surface area contributed by atoms with Crippen LogP contribution >= 0.6 is 0 Å². The van der Waals surface area contributed by atoms with Gasteiger partial charge in [-0.05, 0) is 13.3 Å². The van der Waals surface area contributed by atoms with Gasteiger partial charge in [-0.3, -0.25) is 4.79 Å². The van der Waals surface area contributed by atoms with Gasteiger partial charge < -0.3 is 10.2 Å². The Labute approximate surface area is 103 Å². The van der Waals surface area contributed by atoms with Crippen LogP contribution < -0.4 is 0 Å². The number of aliphatic carboxylic acids is 2. The van der Waals surface area contributed by atoms with Crippen molar-refractivity contribution in [1.82, 2.24) is 0 Å². The minimum Gasteiger partial charge on any atom is -0.481 e. The first-order chi connectivity index (χ1) is 6.41. The average molecular weight is 268 g/mol. The second-order valence-electron chi connectivity index (χ2n) is 2.94. The van der Waals surface area contributed by atoms with Crippen molar-refractivity contribution in [2.75, 3.05) is 0 Å². The molecule has 2 N–H and O–H groups in total. The first-order valence-electron chi connectivity index (χ1n) is 4.52. The van der Waals surface area contributed by atoms with E-state index in [4.69, 9.17) is 10.2 Å². The second kappa shape index (κ2) is 13.3. The molecule has 15 heavy (non-hydrogen) atoms. The van der Waals surface area contributed by atoms with Crippen molar-refractivity contribution in [3.63, 3.8) is 0 Å². The van der Waals surface area contributed by atoms with Crippen LogP contribution in [0.1, 0.15) is 39.5 Å². The summed E-state index contributed by atoms with van der Waals surface area (Å²) in [6.07, 6.45) is 3.28. The number of carbonyl (C=O) groups is 2. The standard InChI is InChI=1S/C6H12O2.C4H6O2.Zn/c1-2-3-4-5-6(7)8;1-3(2)4(5)6;/h2-5H2,1H3,(H,7,8);1H2,2H3,(H,5,6);. The third kappa shape index (κ3) is 24.7. The topological polar surface area (TPSA) is 74.6 Å². The molecule has 0 saturated carbocycles. The quantitative estimate of drug-likeness (QED) is 0.455. The van der Waals surface area contributed by atoms with Crippen LogP contribution in [0.4, 0.5) is 0 Å². The Kier molecular flexibility index (Phi) is 17.6. The van der Waals surface area contributed by atoms with E-state index in [9.17, 15) is 9.59 Å². The zero-order chi connectivity index (χ0) is 11.6. The van der Waals surface area contributed by atoms with Crippen LogP contribution in [0, 0.1) is 0 Å². The second-order valence-corrected chi connectivity index (χ2v) is 2.94. The van der Waals surface area contributed by atoms with E-state index >= 15 is 0 Å². The van der Waals surface area contributed by atoms with Gasteiger partial charge in [-0.15, -0.1) is 0 Å². The Morgan fingerprint density at radius 1 is 1.20 bits per heavy atom. The number of carboxylic acid groups (broad SMARTS) is 2. The van der Waals surface area contributed by atoms with Gasteiger partial charge in [0.2, 0.25) is 0 Å². The fraction of sp³-hybridized carbons (Fsp3) is 0.600. The number of hydrogen-bond acceptors (Lipinski definition) is 2. The van der Waals surface area contributed by atoms with Crippen molar-refractivity contribution in [1.29, 1.82) is 0 Å². The summed E-state index contributed by atoms with van der Waals surface area (Å²) in [4.78, 5) is 19.5. The Bertz CT molecular complexity index is 190. The van der Waals surface area contributed by atoms with Crippen LogP contribution in [0.3, 0.4) is 0 Å². The third-order valence-electron chi connectivity index (χ3n) is 1.36. The van der Waals surface area contributed by atoms with E-state index in [1.54, 1.807) is 0 Å². The predicted molar refractivity (Wildman–Crippen MR) is 54.2 cm³/mol. The molecule has 0 atom stereocenters. The van der Waals surface area contributed by atoms with Crippen molar-refractivity contribution >= 4 is 11.9 Å². The van der Waals surface area contributed by atoms with Gasteiger partial charge in [0.1, 0.15) is 0 Å². The molecule has 0 aliphatic heterocycles. The molecular formula is C10H18O4Zn. The summed E-state index contributed by atoms with van der Waals surface area (Å²) < 4.78 is 0. The van der Waals surface area contributed by atoms with Crippen molar-refractivity contribution < 1.29 is 39.3 Å². The van der Waals surface area contributed by atoms with Crippen LogP contribution in [0.15, 0.2) is 12.2 Å². The van der Waals surface area contributed by atoms with E-state index in [-0.39, 0.29) is 25.1 Å². The molecule has 0 aromatic carbocycles. The number of rotatable bonds is 5. The Morgan fingerprint density at radius 2 is 1.60 bits per heavy atom. The predicted octanol–water partition coefficient (Wildman–Crippen LogP) is 2.30. The first-order valence-corrected chi connectivity index (χ1v) is 4.52. The SMILES string of the molecule is C=C(C)C(=O)O.CCCCCC(=O)O.[Zn]. The molecule has 0 saturated heterocycles. The largest absolute Gasteiger partial charge is 0.481 e. The number of carboxylic acids is 2. The van der Waals surface area contributed by atoms with E-state index in [2.05, 4.69) is 13.5 Å². The van der Waals surface area contributed by atoms with Crippen molar-refractivity contribution in [3.05, 3.63) is 12.2 Å². The average Bonchev–Trinajstić information content (AvgIpc) is 2.05. The van der Waals surface area contributed by atoms with Crippen LogP contribution in [0.2, 0.25) is 0 Å². The summed E-state index contributed by atoms with van der Waals surface area (Å²) in [5, 5.41) is 16.0. The molecular weight excluding hydrogens is 249 g/mol. The molecule has 0 bridgehead atoms. The van der Waals surface area contributed by atoms with Crippen LogP contribution in [0.5, 0.6) is 0 Å². The fourth-order valence-corrected chi connectivity index (χ4v) is 0.526. The molecule has 0 radical (unpaired) electrons. The molecule has 0 aromatic rings. The maximum atomic E-state index is 9.87. The molecule has 0 heterocycles. The summed E-state index contributed by atoms with van der Waals surface area (Å²) in [6.45, 7) is 6.66. The third-order valence-corrected chi connectivity index (χ3v) is 1.36. The van der Waals surface area contributed by atoms with E-state index < -0.39 is 11.9 Å². The minimum absolute atomic E-state index is 0. The molecule has 0 aliphatic carbocycles. The fourth-order valence-electron chi connectivity index (χ4n) is 0.526. The van der Waals surface area contributed by atoms with Gasteiger partial charge in [-0.2, -0.15) is 0 Å². The van der Waals surface area contributed by atoms with Crippen molar-refractivity contribution in [2.24, 2.45) is 0 Å². The Balaban J connectivity index is -0.000000187.